The lowest BCUT2D eigenvalue weighted by atomic mass is 10.2. The van der Waals surface area contributed by atoms with Crippen molar-refractivity contribution in [3.8, 4) is 0 Å². The van der Waals surface area contributed by atoms with E-state index in [9.17, 15) is 9.59 Å². The largest absolute Gasteiger partial charge is 0.477 e. The van der Waals surface area contributed by atoms with Gasteiger partial charge in [0, 0.05) is 6.20 Å². The molecule has 0 aliphatic heterocycles. The van der Waals surface area contributed by atoms with Crippen LogP contribution in [-0.4, -0.2) is 22.2 Å². The van der Waals surface area contributed by atoms with Gasteiger partial charge < -0.3 is 14.8 Å². The highest BCUT2D eigenvalue weighted by atomic mass is 16.5. The molecular weight excluding hydrogens is 248 g/mol. The quantitative estimate of drug-likeness (QED) is 0.787. The number of hydrogen-bond donors (Lipinski definition) is 3. The molecule has 0 atom stereocenters. The van der Waals surface area contributed by atoms with Crippen LogP contribution in [0, 0.1) is 0 Å². The molecule has 98 valence electrons. The Morgan fingerprint density at radius 3 is 2.63 bits per heavy atom. The summed E-state index contributed by atoms with van der Waals surface area (Å²) in [5, 5.41) is 11.1. The maximum absolute atomic E-state index is 11.5. The Kier molecular flexibility index (Phi) is 3.82. The first kappa shape index (κ1) is 12.7. The smallest absolute Gasteiger partial charge is 0.412 e. The van der Waals surface area contributed by atoms with Gasteiger partial charge in [-0.05, 0) is 11.6 Å². The second-order valence-corrected chi connectivity index (χ2v) is 3.79. The van der Waals surface area contributed by atoms with Gasteiger partial charge in [-0.2, -0.15) is 0 Å². The first-order valence-corrected chi connectivity index (χ1v) is 5.54. The van der Waals surface area contributed by atoms with Crippen LogP contribution in [0.2, 0.25) is 0 Å². The molecule has 3 N–H and O–H groups in total. The van der Waals surface area contributed by atoms with Crippen LogP contribution in [0.5, 0.6) is 0 Å². The molecule has 2 rings (SSSR count). The minimum Gasteiger partial charge on any atom is -0.477 e. The lowest BCUT2D eigenvalue weighted by Crippen LogP contribution is -2.13. The van der Waals surface area contributed by atoms with E-state index in [1.807, 2.05) is 30.3 Å². The summed E-state index contributed by atoms with van der Waals surface area (Å²) in [6.07, 6.45) is 0.743. The van der Waals surface area contributed by atoms with E-state index in [0.717, 1.165) is 5.56 Å². The summed E-state index contributed by atoms with van der Waals surface area (Å²) < 4.78 is 4.99. The van der Waals surface area contributed by atoms with Gasteiger partial charge in [-0.3, -0.25) is 5.32 Å². The summed E-state index contributed by atoms with van der Waals surface area (Å²) in [5.41, 5.74) is 1.21. The van der Waals surface area contributed by atoms with E-state index in [4.69, 9.17) is 9.84 Å². The molecule has 0 bridgehead atoms. The van der Waals surface area contributed by atoms with Crippen LogP contribution in [0.4, 0.5) is 10.5 Å². The van der Waals surface area contributed by atoms with Gasteiger partial charge in [0.05, 0.1) is 5.69 Å². The number of benzene rings is 1. The van der Waals surface area contributed by atoms with E-state index >= 15 is 0 Å². The number of aromatic nitrogens is 1. The Bertz CT molecular complexity index is 577. The molecule has 0 saturated heterocycles. The van der Waals surface area contributed by atoms with Gasteiger partial charge in [-0.15, -0.1) is 0 Å². The van der Waals surface area contributed by atoms with Crippen molar-refractivity contribution in [2.75, 3.05) is 5.32 Å². The summed E-state index contributed by atoms with van der Waals surface area (Å²) in [6.45, 7) is 0.156. The molecule has 6 nitrogen and oxygen atoms in total. The number of amides is 1. The number of ether oxygens (including phenoxy) is 1. The van der Waals surface area contributed by atoms with Gasteiger partial charge in [0.2, 0.25) is 0 Å². The highest BCUT2D eigenvalue weighted by molar-refractivity contribution is 5.90. The standard InChI is InChI=1S/C13H12N2O4/c16-12(17)11-6-10(7-14-11)15-13(18)19-8-9-4-2-1-3-5-9/h1-7,14H,8H2,(H,15,18)(H,16,17). The fraction of sp³-hybridized carbons (Fsp3) is 0.0769. The molecule has 0 radical (unpaired) electrons. The van der Waals surface area contributed by atoms with Crippen LogP contribution in [0.15, 0.2) is 42.6 Å². The van der Waals surface area contributed by atoms with Crippen molar-refractivity contribution in [1.82, 2.24) is 4.98 Å². The fourth-order valence-electron chi connectivity index (χ4n) is 1.47. The highest BCUT2D eigenvalue weighted by Gasteiger charge is 2.09. The second kappa shape index (κ2) is 5.72. The summed E-state index contributed by atoms with van der Waals surface area (Å²) in [7, 11) is 0. The van der Waals surface area contributed by atoms with E-state index in [2.05, 4.69) is 10.3 Å². The molecule has 0 unspecified atom stereocenters. The Morgan fingerprint density at radius 1 is 1.26 bits per heavy atom. The molecular formula is C13H12N2O4. The number of nitrogens with one attached hydrogen (secondary N) is 2. The third-order valence-corrected chi connectivity index (χ3v) is 2.37. The third-order valence-electron chi connectivity index (χ3n) is 2.37. The van der Waals surface area contributed by atoms with Crippen molar-refractivity contribution < 1.29 is 19.4 Å². The van der Waals surface area contributed by atoms with Gasteiger partial charge in [-0.1, -0.05) is 30.3 Å². The first-order chi connectivity index (χ1) is 9.15. The van der Waals surface area contributed by atoms with Crippen molar-refractivity contribution in [3.05, 3.63) is 53.9 Å². The maximum Gasteiger partial charge on any atom is 0.412 e. The molecule has 0 spiro atoms. The predicted molar refractivity (Wildman–Crippen MR) is 68.0 cm³/mol. The molecule has 19 heavy (non-hydrogen) atoms. The molecule has 1 aromatic carbocycles. The lowest BCUT2D eigenvalue weighted by molar-refractivity contribution is 0.0691. The van der Waals surface area contributed by atoms with Crippen LogP contribution in [-0.2, 0) is 11.3 Å². The number of anilines is 1. The van der Waals surface area contributed by atoms with Gasteiger partial charge in [0.15, 0.2) is 0 Å². The normalized spacial score (nSPS) is 9.89. The molecule has 1 heterocycles. The average molecular weight is 260 g/mol. The zero-order chi connectivity index (χ0) is 13.7. The SMILES string of the molecule is O=C(Nc1c[nH]c(C(=O)O)c1)OCc1ccccc1. The van der Waals surface area contributed by atoms with Gasteiger partial charge in [-0.25, -0.2) is 9.59 Å². The molecule has 0 aliphatic carbocycles. The van der Waals surface area contributed by atoms with E-state index < -0.39 is 12.1 Å². The Hall–Kier alpha value is -2.76. The zero-order valence-corrected chi connectivity index (χ0v) is 9.92. The van der Waals surface area contributed by atoms with E-state index in [-0.39, 0.29) is 12.3 Å². The highest BCUT2D eigenvalue weighted by Crippen LogP contribution is 2.10. The van der Waals surface area contributed by atoms with Crippen molar-refractivity contribution in [2.24, 2.45) is 0 Å². The molecule has 1 amide bonds. The molecule has 1 aromatic heterocycles. The Balaban J connectivity index is 1.85. The number of carboxylic acids is 1. The number of carboxylic acid groups (broad SMARTS) is 1. The number of aromatic amines is 1. The van der Waals surface area contributed by atoms with Crippen molar-refractivity contribution in [3.63, 3.8) is 0 Å². The van der Waals surface area contributed by atoms with Crippen LogP contribution < -0.4 is 5.32 Å². The minimum atomic E-state index is -1.09. The molecule has 0 fully saturated rings. The monoisotopic (exact) mass is 260 g/mol. The average Bonchev–Trinajstić information content (AvgIpc) is 2.86. The van der Waals surface area contributed by atoms with Crippen LogP contribution in [0.3, 0.4) is 0 Å². The number of H-pyrrole nitrogens is 1. The van der Waals surface area contributed by atoms with Crippen molar-refractivity contribution in [2.45, 2.75) is 6.61 Å². The van der Waals surface area contributed by atoms with Crippen LogP contribution >= 0.6 is 0 Å². The van der Waals surface area contributed by atoms with Crippen LogP contribution in [0.25, 0.3) is 0 Å². The van der Waals surface area contributed by atoms with E-state index in [0.29, 0.717) is 5.69 Å². The van der Waals surface area contributed by atoms with Crippen LogP contribution in [0.1, 0.15) is 16.1 Å². The van der Waals surface area contributed by atoms with Gasteiger partial charge in [0.25, 0.3) is 0 Å². The van der Waals surface area contributed by atoms with Gasteiger partial charge >= 0.3 is 12.1 Å². The molecule has 2 aromatic rings. The summed E-state index contributed by atoms with van der Waals surface area (Å²) >= 11 is 0. The minimum absolute atomic E-state index is 0.00152. The van der Waals surface area contributed by atoms with E-state index in [1.165, 1.54) is 12.3 Å². The van der Waals surface area contributed by atoms with E-state index in [1.54, 1.807) is 0 Å². The number of carbonyl (C=O) groups excluding carboxylic acids is 1. The number of aromatic carboxylic acids is 1. The van der Waals surface area contributed by atoms with Crippen molar-refractivity contribution >= 4 is 17.7 Å². The molecule has 0 saturated carbocycles. The van der Waals surface area contributed by atoms with Gasteiger partial charge in [0.1, 0.15) is 12.3 Å². The Morgan fingerprint density at radius 2 is 2.00 bits per heavy atom. The molecule has 6 heteroatoms. The topological polar surface area (TPSA) is 91.4 Å². The second-order valence-electron chi connectivity index (χ2n) is 3.79. The first-order valence-electron chi connectivity index (χ1n) is 5.54. The number of rotatable bonds is 4. The van der Waals surface area contributed by atoms with Crippen molar-refractivity contribution in [1.29, 1.82) is 0 Å². The summed E-state index contributed by atoms with van der Waals surface area (Å²) in [5.74, 6) is -1.09. The Labute approximate surface area is 109 Å². The molecule has 0 aliphatic rings. The third kappa shape index (κ3) is 3.60. The maximum atomic E-state index is 11.5. The summed E-state index contributed by atoms with van der Waals surface area (Å²) in [6, 6.07) is 10.6. The predicted octanol–water partition coefficient (Wildman–Crippen LogP) is 2.46. The summed E-state index contributed by atoms with van der Waals surface area (Å²) in [4.78, 5) is 24.6. The zero-order valence-electron chi connectivity index (χ0n) is 9.92. The fourth-order valence-corrected chi connectivity index (χ4v) is 1.47. The number of hydrogen-bond acceptors (Lipinski definition) is 3. The number of carbonyl (C=O) groups is 2. The lowest BCUT2D eigenvalue weighted by Gasteiger charge is -2.05.